The van der Waals surface area contributed by atoms with E-state index in [-0.39, 0.29) is 10.8 Å². The summed E-state index contributed by atoms with van der Waals surface area (Å²) in [5, 5.41) is 2.76. The average Bonchev–Trinajstić information content (AvgIpc) is 2.69. The predicted molar refractivity (Wildman–Crippen MR) is 119 cm³/mol. The SMILES string of the molecule is O=C(Nc1ccc(S(=O)(=O)NCCc2ccccc2)cc1)c1ccc(I)cc1. The van der Waals surface area contributed by atoms with Crippen molar-refractivity contribution in [2.45, 2.75) is 11.3 Å². The molecule has 0 fully saturated rings. The molecule has 0 aliphatic heterocycles. The van der Waals surface area contributed by atoms with Gasteiger partial charge in [-0.2, -0.15) is 0 Å². The Bertz CT molecular complexity index is 1040. The number of carbonyl (C=O) groups is 1. The van der Waals surface area contributed by atoms with Crippen LogP contribution in [0, 0.1) is 3.57 Å². The zero-order valence-corrected chi connectivity index (χ0v) is 17.9. The van der Waals surface area contributed by atoms with Gasteiger partial charge in [-0.05, 0) is 83.1 Å². The second kappa shape index (κ2) is 9.31. The number of amides is 1. The Labute approximate surface area is 178 Å². The number of rotatable bonds is 7. The second-order valence-electron chi connectivity index (χ2n) is 6.12. The van der Waals surface area contributed by atoms with Gasteiger partial charge in [-0.1, -0.05) is 30.3 Å². The fraction of sp³-hybridized carbons (Fsp3) is 0.0952. The molecule has 7 heteroatoms. The summed E-state index contributed by atoms with van der Waals surface area (Å²) in [6, 6.07) is 23.0. The highest BCUT2D eigenvalue weighted by molar-refractivity contribution is 14.1. The third-order valence-corrected chi connectivity index (χ3v) is 6.27. The molecule has 0 aromatic heterocycles. The van der Waals surface area contributed by atoms with Gasteiger partial charge in [0.05, 0.1) is 4.90 Å². The van der Waals surface area contributed by atoms with Crippen molar-refractivity contribution in [3.63, 3.8) is 0 Å². The predicted octanol–water partition coefficient (Wildman–Crippen LogP) is 4.06. The van der Waals surface area contributed by atoms with E-state index in [0.29, 0.717) is 24.2 Å². The molecule has 3 aromatic rings. The minimum Gasteiger partial charge on any atom is -0.322 e. The Balaban J connectivity index is 1.59. The number of hydrogen-bond acceptors (Lipinski definition) is 3. The highest BCUT2D eigenvalue weighted by Gasteiger charge is 2.14. The normalized spacial score (nSPS) is 11.2. The van der Waals surface area contributed by atoms with Gasteiger partial charge >= 0.3 is 0 Å². The number of halogens is 1. The summed E-state index contributed by atoms with van der Waals surface area (Å²) in [6.45, 7) is 0.317. The molecule has 0 spiro atoms. The van der Waals surface area contributed by atoms with E-state index >= 15 is 0 Å². The first kappa shape index (κ1) is 20.5. The van der Waals surface area contributed by atoms with E-state index in [1.807, 2.05) is 42.5 Å². The quantitative estimate of drug-likeness (QED) is 0.475. The van der Waals surface area contributed by atoms with Crippen molar-refractivity contribution in [2.75, 3.05) is 11.9 Å². The molecule has 0 radical (unpaired) electrons. The number of anilines is 1. The van der Waals surface area contributed by atoms with Gasteiger partial charge in [0.15, 0.2) is 0 Å². The molecule has 1 amide bonds. The van der Waals surface area contributed by atoms with Crippen LogP contribution < -0.4 is 10.0 Å². The second-order valence-corrected chi connectivity index (χ2v) is 9.13. The van der Waals surface area contributed by atoms with E-state index in [4.69, 9.17) is 0 Å². The van der Waals surface area contributed by atoms with E-state index < -0.39 is 10.0 Å². The van der Waals surface area contributed by atoms with Gasteiger partial charge in [0.2, 0.25) is 10.0 Å². The topological polar surface area (TPSA) is 75.3 Å². The molecule has 0 aliphatic rings. The first-order valence-corrected chi connectivity index (χ1v) is 11.2. The van der Waals surface area contributed by atoms with Crippen molar-refractivity contribution in [1.82, 2.24) is 4.72 Å². The van der Waals surface area contributed by atoms with Crippen LogP contribution in [0.2, 0.25) is 0 Å². The molecule has 0 unspecified atom stereocenters. The Kier molecular flexibility index (Phi) is 6.82. The molecule has 0 saturated carbocycles. The number of hydrogen-bond donors (Lipinski definition) is 2. The molecule has 0 heterocycles. The highest BCUT2D eigenvalue weighted by Crippen LogP contribution is 2.16. The lowest BCUT2D eigenvalue weighted by Crippen LogP contribution is -2.26. The maximum Gasteiger partial charge on any atom is 0.255 e. The van der Waals surface area contributed by atoms with Crippen molar-refractivity contribution < 1.29 is 13.2 Å². The average molecular weight is 506 g/mol. The first-order chi connectivity index (χ1) is 13.4. The number of benzene rings is 3. The molecular formula is C21H19IN2O3S. The third kappa shape index (κ3) is 5.63. The molecule has 0 bridgehead atoms. The van der Waals surface area contributed by atoms with Gasteiger partial charge in [-0.3, -0.25) is 4.79 Å². The molecule has 28 heavy (non-hydrogen) atoms. The lowest BCUT2D eigenvalue weighted by molar-refractivity contribution is 0.102. The first-order valence-electron chi connectivity index (χ1n) is 8.65. The minimum atomic E-state index is -3.60. The maximum absolute atomic E-state index is 12.4. The third-order valence-electron chi connectivity index (χ3n) is 4.08. The van der Waals surface area contributed by atoms with Crippen LogP contribution in [0.25, 0.3) is 0 Å². The summed E-state index contributed by atoms with van der Waals surface area (Å²) in [7, 11) is -3.60. The number of carbonyl (C=O) groups excluding carboxylic acids is 1. The summed E-state index contributed by atoms with van der Waals surface area (Å²) in [4.78, 5) is 12.4. The molecule has 0 saturated heterocycles. The van der Waals surface area contributed by atoms with Crippen molar-refractivity contribution in [1.29, 1.82) is 0 Å². The molecular weight excluding hydrogens is 487 g/mol. The summed E-state index contributed by atoms with van der Waals surface area (Å²) in [5.74, 6) is -0.243. The van der Waals surface area contributed by atoms with Gasteiger partial charge in [0.1, 0.15) is 0 Å². The van der Waals surface area contributed by atoms with Crippen molar-refractivity contribution in [2.24, 2.45) is 0 Å². The molecule has 0 atom stereocenters. The molecule has 2 N–H and O–H groups in total. The number of sulfonamides is 1. The molecule has 0 aliphatic carbocycles. The number of nitrogens with one attached hydrogen (secondary N) is 2. The van der Waals surface area contributed by atoms with Crippen LogP contribution >= 0.6 is 22.6 Å². The van der Waals surface area contributed by atoms with E-state index in [1.54, 1.807) is 24.3 Å². The van der Waals surface area contributed by atoms with E-state index in [9.17, 15) is 13.2 Å². The minimum absolute atomic E-state index is 0.160. The van der Waals surface area contributed by atoms with Gasteiger partial charge in [-0.25, -0.2) is 13.1 Å². The van der Waals surface area contributed by atoms with Crippen LogP contribution in [-0.2, 0) is 16.4 Å². The van der Waals surface area contributed by atoms with Crippen LogP contribution in [0.1, 0.15) is 15.9 Å². The largest absolute Gasteiger partial charge is 0.322 e. The van der Waals surface area contributed by atoms with Gasteiger partial charge in [0.25, 0.3) is 5.91 Å². The van der Waals surface area contributed by atoms with E-state index in [2.05, 4.69) is 32.6 Å². The van der Waals surface area contributed by atoms with Crippen LogP contribution in [-0.4, -0.2) is 20.9 Å². The van der Waals surface area contributed by atoms with Crippen LogP contribution in [0.3, 0.4) is 0 Å². The Morgan fingerprint density at radius 1 is 0.857 bits per heavy atom. The van der Waals surface area contributed by atoms with Gasteiger partial charge < -0.3 is 5.32 Å². The van der Waals surface area contributed by atoms with Gasteiger partial charge in [0, 0.05) is 21.4 Å². The van der Waals surface area contributed by atoms with Crippen LogP contribution in [0.5, 0.6) is 0 Å². The van der Waals surface area contributed by atoms with Crippen molar-refractivity contribution >= 4 is 44.2 Å². The molecule has 3 aromatic carbocycles. The molecule has 3 rings (SSSR count). The summed E-state index contributed by atoms with van der Waals surface area (Å²) >= 11 is 2.17. The standard InChI is InChI=1S/C21H19IN2O3S/c22-18-8-6-17(7-9-18)21(25)24-19-10-12-20(13-11-19)28(26,27)23-15-14-16-4-2-1-3-5-16/h1-13,23H,14-15H2,(H,24,25). The zero-order valence-electron chi connectivity index (χ0n) is 14.9. The van der Waals surface area contributed by atoms with Crippen molar-refractivity contribution in [3.8, 4) is 0 Å². The fourth-order valence-corrected chi connectivity index (χ4v) is 3.97. The van der Waals surface area contributed by atoms with Crippen LogP contribution in [0.4, 0.5) is 5.69 Å². The highest BCUT2D eigenvalue weighted by atomic mass is 127. The smallest absolute Gasteiger partial charge is 0.255 e. The molecule has 5 nitrogen and oxygen atoms in total. The van der Waals surface area contributed by atoms with E-state index in [0.717, 1.165) is 9.13 Å². The Morgan fingerprint density at radius 2 is 1.50 bits per heavy atom. The van der Waals surface area contributed by atoms with Crippen molar-refractivity contribution in [3.05, 3.63) is 93.6 Å². The lowest BCUT2D eigenvalue weighted by atomic mass is 10.2. The lowest BCUT2D eigenvalue weighted by Gasteiger charge is -2.09. The summed E-state index contributed by atoms with van der Waals surface area (Å²) in [6.07, 6.45) is 0.615. The zero-order chi connectivity index (χ0) is 20.0. The monoisotopic (exact) mass is 506 g/mol. The summed E-state index contributed by atoms with van der Waals surface area (Å²) in [5.41, 5.74) is 2.14. The maximum atomic E-state index is 12.4. The fourth-order valence-electron chi connectivity index (χ4n) is 2.58. The van der Waals surface area contributed by atoms with Gasteiger partial charge in [-0.15, -0.1) is 0 Å². The summed E-state index contributed by atoms with van der Waals surface area (Å²) < 4.78 is 28.5. The Hall–Kier alpha value is -2.23. The van der Waals surface area contributed by atoms with E-state index in [1.165, 1.54) is 12.1 Å². The Morgan fingerprint density at radius 3 is 2.14 bits per heavy atom. The molecule has 144 valence electrons. The van der Waals surface area contributed by atoms with Crippen LogP contribution in [0.15, 0.2) is 83.8 Å².